The maximum Gasteiger partial charge on any atom is 0.272 e. The molecule has 0 fully saturated rings. The van der Waals surface area contributed by atoms with Crippen LogP contribution in [0.2, 0.25) is 0 Å². The molecule has 0 aromatic carbocycles. The second kappa shape index (κ2) is 4.49. The van der Waals surface area contributed by atoms with Gasteiger partial charge in [0.25, 0.3) is 6.43 Å². The molecule has 1 aromatic heterocycles. The van der Waals surface area contributed by atoms with Gasteiger partial charge in [0.2, 0.25) is 5.88 Å². The molecule has 5 heteroatoms. The lowest BCUT2D eigenvalue weighted by Gasteiger charge is -2.02. The van der Waals surface area contributed by atoms with E-state index in [-0.39, 0.29) is 5.88 Å². The highest BCUT2D eigenvalue weighted by molar-refractivity contribution is 5.73. The van der Waals surface area contributed by atoms with Crippen molar-refractivity contribution in [3.63, 3.8) is 0 Å². The molecule has 0 saturated heterocycles. The summed E-state index contributed by atoms with van der Waals surface area (Å²) in [5.41, 5.74) is 0.379. The van der Waals surface area contributed by atoms with Crippen LogP contribution in [0.25, 0.3) is 0 Å². The predicted octanol–water partition coefficient (Wildman–Crippen LogP) is 1.54. The van der Waals surface area contributed by atoms with Gasteiger partial charge in [-0.15, -0.1) is 0 Å². The van der Waals surface area contributed by atoms with Crippen molar-refractivity contribution in [1.82, 2.24) is 4.98 Å². The Labute approximate surface area is 73.4 Å². The molecule has 0 aliphatic rings. The van der Waals surface area contributed by atoms with Gasteiger partial charge in [0.05, 0.1) is 0 Å². The lowest BCUT2D eigenvalue weighted by Crippen LogP contribution is -2.07. The van der Waals surface area contributed by atoms with E-state index in [2.05, 4.69) is 9.72 Å². The highest BCUT2D eigenvalue weighted by Gasteiger charge is 2.03. The van der Waals surface area contributed by atoms with Crippen LogP contribution in [0.4, 0.5) is 8.78 Å². The zero-order valence-electron chi connectivity index (χ0n) is 6.61. The van der Waals surface area contributed by atoms with E-state index in [0.29, 0.717) is 11.8 Å². The summed E-state index contributed by atoms with van der Waals surface area (Å²) >= 11 is 0. The van der Waals surface area contributed by atoms with Crippen molar-refractivity contribution in [2.24, 2.45) is 0 Å². The first kappa shape index (κ1) is 9.57. The van der Waals surface area contributed by atoms with Gasteiger partial charge in [-0.05, 0) is 6.07 Å². The third kappa shape index (κ3) is 3.14. The Morgan fingerprint density at radius 1 is 1.54 bits per heavy atom. The standard InChI is InChI=1S/C8H7F2NO2/c9-7(10)5-13-8-2-1-6(4-12)3-11-8/h1-4,7H,5H2. The van der Waals surface area contributed by atoms with Gasteiger partial charge >= 0.3 is 0 Å². The van der Waals surface area contributed by atoms with Gasteiger partial charge in [-0.25, -0.2) is 13.8 Å². The number of hydrogen-bond donors (Lipinski definition) is 0. The first-order valence-electron chi connectivity index (χ1n) is 3.54. The number of carbonyl (C=O) groups excluding carboxylic acids is 1. The van der Waals surface area contributed by atoms with Crippen molar-refractivity contribution in [2.75, 3.05) is 6.61 Å². The highest BCUT2D eigenvalue weighted by atomic mass is 19.3. The number of aromatic nitrogens is 1. The van der Waals surface area contributed by atoms with Gasteiger partial charge in [-0.1, -0.05) is 0 Å². The number of halogens is 2. The number of rotatable bonds is 4. The minimum atomic E-state index is -2.52. The van der Waals surface area contributed by atoms with Crippen molar-refractivity contribution in [1.29, 1.82) is 0 Å². The van der Waals surface area contributed by atoms with Crippen LogP contribution in [0.1, 0.15) is 10.4 Å². The maximum absolute atomic E-state index is 11.7. The minimum Gasteiger partial charge on any atom is -0.472 e. The molecule has 70 valence electrons. The fourth-order valence-corrected chi connectivity index (χ4v) is 0.695. The van der Waals surface area contributed by atoms with E-state index in [1.54, 1.807) is 0 Å². The molecular formula is C8H7F2NO2. The highest BCUT2D eigenvalue weighted by Crippen LogP contribution is 2.07. The van der Waals surface area contributed by atoms with Crippen LogP contribution in [-0.2, 0) is 0 Å². The van der Waals surface area contributed by atoms with Gasteiger partial charge in [-0.3, -0.25) is 4.79 Å². The third-order valence-electron chi connectivity index (χ3n) is 1.25. The molecule has 3 nitrogen and oxygen atoms in total. The minimum absolute atomic E-state index is 0.0888. The second-order valence-electron chi connectivity index (χ2n) is 2.25. The fourth-order valence-electron chi connectivity index (χ4n) is 0.695. The molecule has 0 atom stereocenters. The van der Waals surface area contributed by atoms with Crippen LogP contribution in [0.5, 0.6) is 5.88 Å². The molecule has 0 bridgehead atoms. The topological polar surface area (TPSA) is 39.2 Å². The molecule has 0 N–H and O–H groups in total. The first-order valence-corrected chi connectivity index (χ1v) is 3.54. The van der Waals surface area contributed by atoms with Gasteiger partial charge in [-0.2, -0.15) is 0 Å². The fraction of sp³-hybridized carbons (Fsp3) is 0.250. The molecule has 0 aliphatic carbocycles. The van der Waals surface area contributed by atoms with E-state index in [0.717, 1.165) is 0 Å². The normalized spacial score (nSPS) is 10.1. The van der Waals surface area contributed by atoms with E-state index < -0.39 is 13.0 Å². The van der Waals surface area contributed by atoms with Crippen LogP contribution in [-0.4, -0.2) is 24.3 Å². The Morgan fingerprint density at radius 2 is 2.31 bits per heavy atom. The van der Waals surface area contributed by atoms with Crippen molar-refractivity contribution in [3.05, 3.63) is 23.9 Å². The average molecular weight is 187 g/mol. The van der Waals surface area contributed by atoms with Crippen LogP contribution in [0.3, 0.4) is 0 Å². The van der Waals surface area contributed by atoms with Crippen molar-refractivity contribution in [3.8, 4) is 5.88 Å². The summed E-state index contributed by atoms with van der Waals surface area (Å²) in [4.78, 5) is 13.8. The number of ether oxygens (including phenoxy) is 1. The van der Waals surface area contributed by atoms with Gasteiger partial charge in [0.15, 0.2) is 12.9 Å². The van der Waals surface area contributed by atoms with E-state index in [1.807, 2.05) is 0 Å². The Balaban J connectivity index is 2.54. The zero-order chi connectivity index (χ0) is 9.68. The number of alkyl halides is 2. The van der Waals surface area contributed by atoms with Crippen molar-refractivity contribution < 1.29 is 18.3 Å². The summed E-state index contributed by atoms with van der Waals surface area (Å²) in [6.45, 7) is -0.687. The Kier molecular flexibility index (Phi) is 3.31. The van der Waals surface area contributed by atoms with E-state index in [1.165, 1.54) is 18.3 Å². The van der Waals surface area contributed by atoms with E-state index in [4.69, 9.17) is 0 Å². The molecule has 13 heavy (non-hydrogen) atoms. The Hall–Kier alpha value is -1.52. The SMILES string of the molecule is O=Cc1ccc(OCC(F)F)nc1. The predicted molar refractivity (Wildman–Crippen MR) is 41.1 cm³/mol. The first-order chi connectivity index (χ1) is 6.22. The average Bonchev–Trinajstić information content (AvgIpc) is 2.15. The second-order valence-corrected chi connectivity index (χ2v) is 2.25. The molecular weight excluding hydrogens is 180 g/mol. The number of pyridine rings is 1. The van der Waals surface area contributed by atoms with Gasteiger partial charge in [0, 0.05) is 17.8 Å². The number of carbonyl (C=O) groups is 1. The van der Waals surface area contributed by atoms with Crippen molar-refractivity contribution >= 4 is 6.29 Å². The Bertz CT molecular complexity index is 274. The molecule has 0 aliphatic heterocycles. The van der Waals surface area contributed by atoms with Crippen LogP contribution in [0, 0.1) is 0 Å². The van der Waals surface area contributed by atoms with E-state index in [9.17, 15) is 13.6 Å². The van der Waals surface area contributed by atoms with Crippen LogP contribution >= 0.6 is 0 Å². The van der Waals surface area contributed by atoms with Crippen molar-refractivity contribution in [2.45, 2.75) is 6.43 Å². The van der Waals surface area contributed by atoms with Gasteiger partial charge in [0.1, 0.15) is 0 Å². The van der Waals surface area contributed by atoms with Crippen LogP contribution < -0.4 is 4.74 Å². The molecule has 1 aromatic rings. The molecule has 1 rings (SSSR count). The quantitative estimate of drug-likeness (QED) is 0.671. The molecule has 0 saturated carbocycles. The maximum atomic E-state index is 11.7. The number of hydrogen-bond acceptors (Lipinski definition) is 3. The summed E-state index contributed by atoms with van der Waals surface area (Å²) in [6, 6.07) is 2.81. The summed E-state index contributed by atoms with van der Waals surface area (Å²) in [6.07, 6.45) is -0.648. The zero-order valence-corrected chi connectivity index (χ0v) is 6.61. The molecule has 0 unspecified atom stereocenters. The third-order valence-corrected chi connectivity index (χ3v) is 1.25. The molecule has 1 heterocycles. The van der Waals surface area contributed by atoms with E-state index >= 15 is 0 Å². The number of aldehydes is 1. The monoisotopic (exact) mass is 187 g/mol. The number of nitrogens with zero attached hydrogens (tertiary/aromatic N) is 1. The Morgan fingerprint density at radius 3 is 2.77 bits per heavy atom. The molecule has 0 radical (unpaired) electrons. The summed E-state index contributed by atoms with van der Waals surface area (Å²) in [7, 11) is 0. The smallest absolute Gasteiger partial charge is 0.272 e. The lowest BCUT2D eigenvalue weighted by molar-refractivity contribution is 0.0795. The largest absolute Gasteiger partial charge is 0.472 e. The van der Waals surface area contributed by atoms with Crippen LogP contribution in [0.15, 0.2) is 18.3 Å². The summed E-state index contributed by atoms with van der Waals surface area (Å²) in [5.74, 6) is 0.0888. The molecule has 0 spiro atoms. The lowest BCUT2D eigenvalue weighted by atomic mass is 10.3. The molecule has 0 amide bonds. The summed E-state index contributed by atoms with van der Waals surface area (Å²) < 4.78 is 27.9. The van der Waals surface area contributed by atoms with Gasteiger partial charge < -0.3 is 4.74 Å². The summed E-state index contributed by atoms with van der Waals surface area (Å²) in [5, 5.41) is 0.